The molecule has 43 heavy (non-hydrogen) atoms. The number of carbonyl (C=O) groups excluding carboxylic acids is 1. The van der Waals surface area contributed by atoms with Crippen molar-refractivity contribution in [1.82, 2.24) is 4.90 Å². The molecule has 1 atom stereocenters. The van der Waals surface area contributed by atoms with E-state index in [9.17, 15) is 18.3 Å². The molecular formula is C34H36ClNO6S. The Morgan fingerprint density at radius 3 is 2.21 bits per heavy atom. The van der Waals surface area contributed by atoms with E-state index in [-0.39, 0.29) is 23.0 Å². The van der Waals surface area contributed by atoms with Crippen molar-refractivity contribution in [1.29, 1.82) is 0 Å². The van der Waals surface area contributed by atoms with E-state index in [2.05, 4.69) is 17.0 Å². The fourth-order valence-corrected chi connectivity index (χ4v) is 6.14. The minimum atomic E-state index is -3.72. The van der Waals surface area contributed by atoms with Crippen LogP contribution in [0, 0.1) is 0 Å². The van der Waals surface area contributed by atoms with Crippen LogP contribution in [0.3, 0.4) is 0 Å². The van der Waals surface area contributed by atoms with Crippen molar-refractivity contribution in [2.24, 2.45) is 0 Å². The fourth-order valence-electron chi connectivity index (χ4n) is 4.68. The van der Waals surface area contributed by atoms with E-state index in [0.717, 1.165) is 36.1 Å². The number of aryl methyl sites for hydroxylation is 1. The molecule has 1 N–H and O–H groups in total. The van der Waals surface area contributed by atoms with E-state index in [0.29, 0.717) is 23.9 Å². The van der Waals surface area contributed by atoms with Crippen molar-refractivity contribution in [3.63, 3.8) is 0 Å². The number of sulfone groups is 1. The van der Waals surface area contributed by atoms with Crippen LogP contribution in [0.5, 0.6) is 5.75 Å². The first kappa shape index (κ1) is 32.2. The topological polar surface area (TPSA) is 93.1 Å². The van der Waals surface area contributed by atoms with Crippen molar-refractivity contribution in [3.05, 3.63) is 125 Å². The maximum Gasteiger partial charge on any atom is 0.344 e. The Morgan fingerprint density at radius 2 is 1.56 bits per heavy atom. The van der Waals surface area contributed by atoms with Crippen LogP contribution in [0.15, 0.2) is 113 Å². The van der Waals surface area contributed by atoms with E-state index >= 15 is 0 Å². The maximum absolute atomic E-state index is 13.2. The van der Waals surface area contributed by atoms with Gasteiger partial charge in [-0.25, -0.2) is 13.2 Å². The zero-order chi connectivity index (χ0) is 30.7. The molecule has 226 valence electrons. The van der Waals surface area contributed by atoms with E-state index in [1.165, 1.54) is 24.3 Å². The summed E-state index contributed by atoms with van der Waals surface area (Å²) in [5, 5.41) is 11.5. The zero-order valence-electron chi connectivity index (χ0n) is 24.1. The predicted molar refractivity (Wildman–Crippen MR) is 167 cm³/mol. The Hall–Kier alpha value is -3.69. The van der Waals surface area contributed by atoms with Crippen molar-refractivity contribution in [2.75, 3.05) is 26.3 Å². The van der Waals surface area contributed by atoms with E-state index < -0.39 is 21.9 Å². The molecule has 4 rings (SSSR count). The Morgan fingerprint density at radius 1 is 0.884 bits per heavy atom. The molecule has 7 nitrogen and oxygen atoms in total. The fraction of sp³-hybridized carbons (Fsp3) is 0.265. The Labute approximate surface area is 258 Å². The van der Waals surface area contributed by atoms with Crippen molar-refractivity contribution < 1.29 is 27.8 Å². The number of benzene rings is 4. The van der Waals surface area contributed by atoms with Crippen molar-refractivity contribution in [2.45, 2.75) is 42.2 Å². The lowest BCUT2D eigenvalue weighted by Gasteiger charge is -2.25. The molecule has 0 radical (unpaired) electrons. The third-order valence-electron chi connectivity index (χ3n) is 6.88. The monoisotopic (exact) mass is 621 g/mol. The summed E-state index contributed by atoms with van der Waals surface area (Å²) in [6.07, 6.45) is 0.907. The molecule has 0 unspecified atom stereocenters. The number of hydrogen-bond acceptors (Lipinski definition) is 7. The van der Waals surface area contributed by atoms with Gasteiger partial charge in [0.1, 0.15) is 5.75 Å². The van der Waals surface area contributed by atoms with Gasteiger partial charge in [-0.15, -0.1) is 0 Å². The summed E-state index contributed by atoms with van der Waals surface area (Å²) in [5.41, 5.74) is 2.96. The van der Waals surface area contributed by atoms with Crippen LogP contribution in [0.1, 0.15) is 36.1 Å². The molecule has 0 aromatic heterocycles. The van der Waals surface area contributed by atoms with E-state index in [1.54, 1.807) is 31.2 Å². The molecule has 9 heteroatoms. The summed E-state index contributed by atoms with van der Waals surface area (Å²) in [6, 6.07) is 30.3. The largest absolute Gasteiger partial charge is 0.482 e. The number of carbonyl (C=O) groups is 1. The Kier molecular flexibility index (Phi) is 11.8. The highest BCUT2D eigenvalue weighted by Gasteiger charge is 2.18. The molecular weight excluding hydrogens is 586 g/mol. The molecule has 0 aliphatic carbocycles. The average molecular weight is 622 g/mol. The number of nitrogens with zero attached hydrogens (tertiary/aromatic N) is 1. The zero-order valence-corrected chi connectivity index (χ0v) is 25.6. The first-order valence-electron chi connectivity index (χ1n) is 14.2. The van der Waals surface area contributed by atoms with E-state index in [4.69, 9.17) is 21.1 Å². The van der Waals surface area contributed by atoms with Crippen molar-refractivity contribution >= 4 is 27.4 Å². The van der Waals surface area contributed by atoms with Crippen LogP contribution in [0.2, 0.25) is 5.02 Å². The minimum absolute atomic E-state index is 0.138. The van der Waals surface area contributed by atoms with Gasteiger partial charge in [-0.3, -0.25) is 4.90 Å². The molecule has 0 aliphatic heterocycles. The molecule has 0 bridgehead atoms. The van der Waals surface area contributed by atoms with Gasteiger partial charge in [-0.2, -0.15) is 0 Å². The molecule has 0 fully saturated rings. The third kappa shape index (κ3) is 9.66. The lowest BCUT2D eigenvalue weighted by atomic mass is 10.1. The number of esters is 1. The molecule has 4 aromatic rings. The molecule has 0 saturated heterocycles. The van der Waals surface area contributed by atoms with Gasteiger partial charge in [0.15, 0.2) is 6.61 Å². The highest BCUT2D eigenvalue weighted by atomic mass is 35.5. The van der Waals surface area contributed by atoms with Gasteiger partial charge in [-0.1, -0.05) is 66.2 Å². The summed E-state index contributed by atoms with van der Waals surface area (Å²) in [5.74, 6) is -0.109. The molecule has 0 heterocycles. The molecule has 4 aromatic carbocycles. The summed E-state index contributed by atoms with van der Waals surface area (Å²) in [7, 11) is -3.72. The number of rotatable bonds is 15. The lowest BCUT2D eigenvalue weighted by Crippen LogP contribution is -2.29. The summed E-state index contributed by atoms with van der Waals surface area (Å²) < 4.78 is 36.5. The van der Waals surface area contributed by atoms with Crippen LogP contribution in [-0.4, -0.2) is 50.7 Å². The minimum Gasteiger partial charge on any atom is -0.482 e. The van der Waals surface area contributed by atoms with E-state index in [1.807, 2.05) is 42.5 Å². The Bertz CT molecular complexity index is 1560. The third-order valence-corrected chi connectivity index (χ3v) is 8.90. The van der Waals surface area contributed by atoms with Crippen LogP contribution in [0.25, 0.3) is 0 Å². The second kappa shape index (κ2) is 15.7. The first-order valence-corrected chi connectivity index (χ1v) is 16.0. The molecule has 0 aliphatic rings. The number of halogens is 1. The van der Waals surface area contributed by atoms with Gasteiger partial charge >= 0.3 is 5.97 Å². The first-order chi connectivity index (χ1) is 20.7. The summed E-state index contributed by atoms with van der Waals surface area (Å²) in [6.45, 7) is 3.63. The summed E-state index contributed by atoms with van der Waals surface area (Å²) >= 11 is 6.14. The Balaban J connectivity index is 1.35. The van der Waals surface area contributed by atoms with Crippen LogP contribution in [-0.2, 0) is 32.3 Å². The average Bonchev–Trinajstić information content (AvgIpc) is 3.01. The smallest absolute Gasteiger partial charge is 0.344 e. The SMILES string of the molecule is CCOC(=O)COc1ccc(S(=O)(=O)c2ccc(CCCN(Cc3ccccc3)C[C@H](O)c3cccc(Cl)c3)cc2)cc1. The summed E-state index contributed by atoms with van der Waals surface area (Å²) in [4.78, 5) is 14.0. The van der Waals surface area contributed by atoms with Gasteiger partial charge in [0.2, 0.25) is 9.84 Å². The molecule has 0 amide bonds. The van der Waals surface area contributed by atoms with Gasteiger partial charge < -0.3 is 14.6 Å². The van der Waals surface area contributed by atoms with Crippen molar-refractivity contribution in [3.8, 4) is 5.75 Å². The quantitative estimate of drug-likeness (QED) is 0.156. The van der Waals surface area contributed by atoms with Gasteiger partial charge in [0, 0.05) is 18.1 Å². The predicted octanol–water partition coefficient (Wildman–Crippen LogP) is 6.28. The van der Waals surface area contributed by atoms with Gasteiger partial charge in [0.25, 0.3) is 0 Å². The normalized spacial score (nSPS) is 12.2. The number of aliphatic hydroxyl groups excluding tert-OH is 1. The van der Waals surface area contributed by atoms with Crippen LogP contribution < -0.4 is 4.74 Å². The van der Waals surface area contributed by atoms with Gasteiger partial charge in [0.05, 0.1) is 22.5 Å². The van der Waals surface area contributed by atoms with Gasteiger partial charge in [-0.05, 0) is 91.5 Å². The number of ether oxygens (including phenoxy) is 2. The number of hydrogen-bond donors (Lipinski definition) is 1. The lowest BCUT2D eigenvalue weighted by molar-refractivity contribution is -0.145. The highest BCUT2D eigenvalue weighted by molar-refractivity contribution is 7.91. The molecule has 0 saturated carbocycles. The highest BCUT2D eigenvalue weighted by Crippen LogP contribution is 2.24. The number of aliphatic hydroxyl groups is 1. The van der Waals surface area contributed by atoms with Crippen LogP contribution in [0.4, 0.5) is 0 Å². The van der Waals surface area contributed by atoms with Crippen LogP contribution >= 0.6 is 11.6 Å². The molecule has 0 spiro atoms. The second-order valence-electron chi connectivity index (χ2n) is 10.1. The second-order valence-corrected chi connectivity index (χ2v) is 12.5. The standard InChI is InChI=1S/C34H36ClNO6S/c1-2-41-34(38)25-42-30-15-19-32(20-16-30)43(39,40)31-17-13-26(14-18-31)10-7-21-36(23-27-8-4-3-5-9-27)24-33(37)28-11-6-12-29(35)22-28/h3-6,8-9,11-20,22,33,37H,2,7,10,21,23-25H2,1H3/t33-/m0/s1. The maximum atomic E-state index is 13.2.